The molecule has 2 heterocycles. The zero-order valence-corrected chi connectivity index (χ0v) is 13.7. The molecular formula is C13H12ClNO2S3. The molecule has 0 spiro atoms. The summed E-state index contributed by atoms with van der Waals surface area (Å²) in [6, 6.07) is 7.55. The molecule has 3 rings (SSSR count). The molecule has 106 valence electrons. The third-order valence-corrected chi connectivity index (χ3v) is 7.55. The van der Waals surface area contributed by atoms with E-state index in [0.29, 0.717) is 10.8 Å². The standard InChI is InChI=1S/C13H12ClNO2S3/c14-10-3-1-9(2-4-10)12-7-18-13(15-12)19-11-5-6-20(16,17)8-11/h1-4,7,11H,5-6,8H2. The van der Waals surface area contributed by atoms with E-state index in [-0.39, 0.29) is 11.0 Å². The molecule has 0 N–H and O–H groups in total. The minimum atomic E-state index is -2.82. The highest BCUT2D eigenvalue weighted by Gasteiger charge is 2.29. The average molecular weight is 346 g/mol. The Hall–Kier alpha value is -0.560. The molecule has 1 fully saturated rings. The number of rotatable bonds is 3. The second-order valence-electron chi connectivity index (χ2n) is 4.65. The van der Waals surface area contributed by atoms with Crippen molar-refractivity contribution in [2.24, 2.45) is 0 Å². The van der Waals surface area contributed by atoms with Crippen LogP contribution in [0.25, 0.3) is 11.3 Å². The molecule has 1 saturated heterocycles. The fraction of sp³-hybridized carbons (Fsp3) is 0.308. The first-order valence-electron chi connectivity index (χ1n) is 6.10. The highest BCUT2D eigenvalue weighted by molar-refractivity contribution is 8.03. The number of benzene rings is 1. The van der Waals surface area contributed by atoms with Crippen molar-refractivity contribution in [3.63, 3.8) is 0 Å². The molecular weight excluding hydrogens is 334 g/mol. The van der Waals surface area contributed by atoms with Gasteiger partial charge in [-0.3, -0.25) is 0 Å². The maximum Gasteiger partial charge on any atom is 0.151 e. The van der Waals surface area contributed by atoms with Crippen LogP contribution in [0.3, 0.4) is 0 Å². The normalized spacial score (nSPS) is 21.1. The van der Waals surface area contributed by atoms with E-state index in [1.807, 2.05) is 29.6 Å². The summed E-state index contributed by atoms with van der Waals surface area (Å²) in [6.07, 6.45) is 0.725. The van der Waals surface area contributed by atoms with Gasteiger partial charge in [-0.25, -0.2) is 13.4 Å². The van der Waals surface area contributed by atoms with E-state index in [0.717, 1.165) is 22.0 Å². The zero-order chi connectivity index (χ0) is 14.2. The fourth-order valence-corrected chi connectivity index (χ4v) is 6.77. The first-order chi connectivity index (χ1) is 9.52. The molecule has 3 nitrogen and oxygen atoms in total. The molecule has 20 heavy (non-hydrogen) atoms. The van der Waals surface area contributed by atoms with E-state index in [4.69, 9.17) is 11.6 Å². The van der Waals surface area contributed by atoms with Gasteiger partial charge in [0.05, 0.1) is 17.2 Å². The first-order valence-corrected chi connectivity index (χ1v) is 10.1. The van der Waals surface area contributed by atoms with Crippen LogP contribution in [0.15, 0.2) is 34.0 Å². The van der Waals surface area contributed by atoms with Gasteiger partial charge in [0.1, 0.15) is 0 Å². The zero-order valence-electron chi connectivity index (χ0n) is 10.5. The Morgan fingerprint density at radius 1 is 1.30 bits per heavy atom. The van der Waals surface area contributed by atoms with E-state index >= 15 is 0 Å². The van der Waals surface area contributed by atoms with Crippen LogP contribution in [0.1, 0.15) is 6.42 Å². The summed E-state index contributed by atoms with van der Waals surface area (Å²) in [5.41, 5.74) is 1.94. The average Bonchev–Trinajstić information content (AvgIpc) is 2.98. The molecule has 1 aromatic heterocycles. The number of aromatic nitrogens is 1. The van der Waals surface area contributed by atoms with E-state index in [2.05, 4.69) is 4.98 Å². The lowest BCUT2D eigenvalue weighted by molar-refractivity contribution is 0.602. The van der Waals surface area contributed by atoms with E-state index < -0.39 is 9.84 Å². The lowest BCUT2D eigenvalue weighted by Crippen LogP contribution is -2.05. The van der Waals surface area contributed by atoms with Crippen molar-refractivity contribution in [1.82, 2.24) is 4.98 Å². The van der Waals surface area contributed by atoms with Gasteiger partial charge in [0.15, 0.2) is 14.2 Å². The largest absolute Gasteiger partial charge is 0.230 e. The third kappa shape index (κ3) is 3.36. The molecule has 1 aliphatic heterocycles. The fourth-order valence-electron chi connectivity index (χ4n) is 2.06. The molecule has 1 unspecified atom stereocenters. The van der Waals surface area contributed by atoms with Crippen LogP contribution < -0.4 is 0 Å². The van der Waals surface area contributed by atoms with Gasteiger partial charge in [-0.05, 0) is 18.6 Å². The Labute approximate surface area is 131 Å². The topological polar surface area (TPSA) is 47.0 Å². The number of sulfone groups is 1. The van der Waals surface area contributed by atoms with Crippen LogP contribution in [0.4, 0.5) is 0 Å². The highest BCUT2D eigenvalue weighted by atomic mass is 35.5. The van der Waals surface area contributed by atoms with Crippen molar-refractivity contribution in [3.8, 4) is 11.3 Å². The summed E-state index contributed by atoms with van der Waals surface area (Å²) in [5, 5.41) is 2.84. The van der Waals surface area contributed by atoms with Crippen molar-refractivity contribution < 1.29 is 8.42 Å². The Balaban J connectivity index is 1.73. The number of hydrogen-bond acceptors (Lipinski definition) is 5. The maximum absolute atomic E-state index is 11.4. The van der Waals surface area contributed by atoms with Gasteiger partial charge in [-0.1, -0.05) is 35.5 Å². The molecule has 0 saturated carbocycles. The van der Waals surface area contributed by atoms with E-state index in [1.165, 1.54) is 0 Å². The molecule has 1 aromatic carbocycles. The predicted molar refractivity (Wildman–Crippen MR) is 85.5 cm³/mol. The minimum Gasteiger partial charge on any atom is -0.230 e. The number of halogens is 1. The molecule has 2 aromatic rings. The summed E-state index contributed by atoms with van der Waals surface area (Å²) in [4.78, 5) is 4.56. The minimum absolute atomic E-state index is 0.143. The number of thioether (sulfide) groups is 1. The summed E-state index contributed by atoms with van der Waals surface area (Å²) in [7, 11) is -2.82. The van der Waals surface area contributed by atoms with Crippen LogP contribution in [-0.2, 0) is 9.84 Å². The van der Waals surface area contributed by atoms with Crippen molar-refractivity contribution in [1.29, 1.82) is 0 Å². The molecule has 0 radical (unpaired) electrons. The van der Waals surface area contributed by atoms with Crippen LogP contribution in [-0.4, -0.2) is 30.2 Å². The van der Waals surface area contributed by atoms with Gasteiger partial charge < -0.3 is 0 Å². The lowest BCUT2D eigenvalue weighted by atomic mass is 10.2. The molecule has 7 heteroatoms. The highest BCUT2D eigenvalue weighted by Crippen LogP contribution is 2.35. The Morgan fingerprint density at radius 3 is 2.70 bits per heavy atom. The van der Waals surface area contributed by atoms with Gasteiger partial charge in [0.2, 0.25) is 0 Å². The van der Waals surface area contributed by atoms with Gasteiger partial charge >= 0.3 is 0 Å². The lowest BCUT2D eigenvalue weighted by Gasteiger charge is -2.03. The van der Waals surface area contributed by atoms with Crippen molar-refractivity contribution >= 4 is 44.5 Å². The second kappa shape index (κ2) is 5.67. The van der Waals surface area contributed by atoms with Gasteiger partial charge in [0.25, 0.3) is 0 Å². The molecule has 0 aliphatic carbocycles. The summed E-state index contributed by atoms with van der Waals surface area (Å²) >= 11 is 9.00. The third-order valence-electron chi connectivity index (χ3n) is 3.08. The maximum atomic E-state index is 11.4. The smallest absolute Gasteiger partial charge is 0.151 e. The summed E-state index contributed by atoms with van der Waals surface area (Å²) < 4.78 is 23.8. The Morgan fingerprint density at radius 2 is 2.05 bits per heavy atom. The van der Waals surface area contributed by atoms with Crippen LogP contribution >= 0.6 is 34.7 Å². The van der Waals surface area contributed by atoms with Gasteiger partial charge in [-0.2, -0.15) is 0 Å². The van der Waals surface area contributed by atoms with E-state index in [1.54, 1.807) is 23.1 Å². The van der Waals surface area contributed by atoms with Crippen LogP contribution in [0, 0.1) is 0 Å². The SMILES string of the molecule is O=S1(=O)CCC(Sc2nc(-c3ccc(Cl)cc3)cs2)C1. The van der Waals surface area contributed by atoms with Gasteiger partial charge in [-0.15, -0.1) is 11.3 Å². The quantitative estimate of drug-likeness (QED) is 0.850. The summed E-state index contributed by atoms with van der Waals surface area (Å²) in [5.74, 6) is 0.577. The summed E-state index contributed by atoms with van der Waals surface area (Å²) in [6.45, 7) is 0. The molecule has 0 bridgehead atoms. The second-order valence-corrected chi connectivity index (χ2v) is 9.72. The van der Waals surface area contributed by atoms with E-state index in [9.17, 15) is 8.42 Å². The number of thiazole rings is 1. The Kier molecular flexibility index (Phi) is 4.08. The Bertz CT molecular complexity index is 709. The molecule has 1 aliphatic rings. The monoisotopic (exact) mass is 345 g/mol. The number of hydrogen-bond donors (Lipinski definition) is 0. The van der Waals surface area contributed by atoms with Crippen molar-refractivity contribution in [2.45, 2.75) is 16.0 Å². The van der Waals surface area contributed by atoms with Gasteiger partial charge in [0, 0.05) is 21.2 Å². The van der Waals surface area contributed by atoms with Crippen LogP contribution in [0.2, 0.25) is 5.02 Å². The van der Waals surface area contributed by atoms with Crippen molar-refractivity contribution in [3.05, 3.63) is 34.7 Å². The van der Waals surface area contributed by atoms with Crippen molar-refractivity contribution in [2.75, 3.05) is 11.5 Å². The predicted octanol–water partition coefficient (Wildman–Crippen LogP) is 3.74. The molecule has 1 atom stereocenters. The number of nitrogens with zero attached hydrogens (tertiary/aromatic N) is 1. The molecule has 0 amide bonds. The first kappa shape index (κ1) is 14.4. The van der Waals surface area contributed by atoms with Crippen LogP contribution in [0.5, 0.6) is 0 Å².